The molecule has 0 saturated carbocycles. The lowest BCUT2D eigenvalue weighted by Crippen LogP contribution is -2.27. The van der Waals surface area contributed by atoms with Gasteiger partial charge in [-0.05, 0) is 12.1 Å². The summed E-state index contributed by atoms with van der Waals surface area (Å²) in [6, 6.07) is 6.96. The van der Waals surface area contributed by atoms with Gasteiger partial charge in [0.05, 0.1) is 0 Å². The van der Waals surface area contributed by atoms with Gasteiger partial charge in [-0.25, -0.2) is 0 Å². The highest BCUT2D eigenvalue weighted by atomic mass is 35.5. The van der Waals surface area contributed by atoms with Crippen LogP contribution >= 0.6 is 12.4 Å². The van der Waals surface area contributed by atoms with E-state index in [1.165, 1.54) is 0 Å². The first-order chi connectivity index (χ1) is 7.02. The standard InChI is InChI=1S/C10H13N3O2.ClH/c1-13(6-9(14)15)8-5-3-2-4-7(8)10(11)12;/h2-5H,6H2,1H3,(H3,11,12)(H,14,15);1H. The van der Waals surface area contributed by atoms with E-state index in [1.54, 1.807) is 36.2 Å². The molecule has 1 aromatic carbocycles. The average Bonchev–Trinajstić information content (AvgIpc) is 2.16. The molecule has 16 heavy (non-hydrogen) atoms. The minimum absolute atomic E-state index is 0. The van der Waals surface area contributed by atoms with Crippen LogP contribution in [0.5, 0.6) is 0 Å². The lowest BCUT2D eigenvalue weighted by atomic mass is 10.1. The first-order valence-corrected chi connectivity index (χ1v) is 4.38. The van der Waals surface area contributed by atoms with Gasteiger partial charge in [-0.15, -0.1) is 12.4 Å². The van der Waals surface area contributed by atoms with Crippen molar-refractivity contribution < 1.29 is 9.90 Å². The average molecular weight is 244 g/mol. The molecule has 1 aromatic rings. The third-order valence-electron chi connectivity index (χ3n) is 1.98. The van der Waals surface area contributed by atoms with E-state index in [-0.39, 0.29) is 24.8 Å². The molecule has 0 aliphatic heterocycles. The Hall–Kier alpha value is -1.75. The van der Waals surface area contributed by atoms with Crippen molar-refractivity contribution in [3.8, 4) is 0 Å². The maximum atomic E-state index is 10.5. The van der Waals surface area contributed by atoms with Gasteiger partial charge >= 0.3 is 5.97 Å². The van der Waals surface area contributed by atoms with Gasteiger partial charge in [0.25, 0.3) is 0 Å². The van der Waals surface area contributed by atoms with E-state index in [4.69, 9.17) is 16.2 Å². The number of anilines is 1. The molecule has 0 saturated heterocycles. The highest BCUT2D eigenvalue weighted by molar-refractivity contribution is 6.00. The topological polar surface area (TPSA) is 90.4 Å². The number of carboxylic acids is 1. The number of amidine groups is 1. The Morgan fingerprint density at radius 1 is 1.50 bits per heavy atom. The van der Waals surface area contributed by atoms with Crippen molar-refractivity contribution in [2.24, 2.45) is 5.73 Å². The van der Waals surface area contributed by atoms with Gasteiger partial charge < -0.3 is 15.7 Å². The Morgan fingerprint density at radius 3 is 2.56 bits per heavy atom. The third kappa shape index (κ3) is 3.43. The lowest BCUT2D eigenvalue weighted by molar-refractivity contribution is -0.135. The van der Waals surface area contributed by atoms with Crippen LogP contribution in [0.3, 0.4) is 0 Å². The van der Waals surface area contributed by atoms with Crippen molar-refractivity contribution in [3.63, 3.8) is 0 Å². The summed E-state index contributed by atoms with van der Waals surface area (Å²) in [6.45, 7) is -0.121. The number of hydrogen-bond donors (Lipinski definition) is 3. The Morgan fingerprint density at radius 2 is 2.06 bits per heavy atom. The van der Waals surface area contributed by atoms with Gasteiger partial charge in [-0.1, -0.05) is 12.1 Å². The molecule has 1 rings (SSSR count). The maximum Gasteiger partial charge on any atom is 0.323 e. The molecule has 0 aliphatic rings. The predicted molar refractivity (Wildman–Crippen MR) is 65.6 cm³/mol. The van der Waals surface area contributed by atoms with Crippen LogP contribution in [0.4, 0.5) is 5.69 Å². The Balaban J connectivity index is 0.00000225. The van der Waals surface area contributed by atoms with Crippen molar-refractivity contribution in [1.82, 2.24) is 0 Å². The van der Waals surface area contributed by atoms with E-state index < -0.39 is 5.97 Å². The minimum Gasteiger partial charge on any atom is -0.480 e. The minimum atomic E-state index is -0.921. The molecular formula is C10H14ClN3O2. The summed E-state index contributed by atoms with van der Waals surface area (Å²) in [7, 11) is 1.65. The zero-order chi connectivity index (χ0) is 11.4. The van der Waals surface area contributed by atoms with Crippen molar-refractivity contribution in [3.05, 3.63) is 29.8 Å². The number of carbonyl (C=O) groups is 1. The van der Waals surface area contributed by atoms with E-state index in [2.05, 4.69) is 0 Å². The fourth-order valence-corrected chi connectivity index (χ4v) is 1.32. The largest absolute Gasteiger partial charge is 0.480 e. The molecule has 88 valence electrons. The summed E-state index contributed by atoms with van der Waals surface area (Å²) in [6.07, 6.45) is 0. The molecular weight excluding hydrogens is 230 g/mol. The first-order valence-electron chi connectivity index (χ1n) is 4.38. The monoisotopic (exact) mass is 243 g/mol. The number of para-hydroxylation sites is 1. The number of carboxylic acid groups (broad SMARTS) is 1. The van der Waals surface area contributed by atoms with Crippen LogP contribution in [-0.2, 0) is 4.79 Å². The number of nitrogen functional groups attached to an aromatic ring is 1. The number of aliphatic carboxylic acids is 1. The molecule has 0 atom stereocenters. The van der Waals surface area contributed by atoms with Crippen molar-refractivity contribution in [2.45, 2.75) is 0 Å². The summed E-state index contributed by atoms with van der Waals surface area (Å²) in [5.74, 6) is -0.987. The van der Waals surface area contributed by atoms with Gasteiger partial charge in [0.15, 0.2) is 0 Å². The molecule has 0 amide bonds. The molecule has 4 N–H and O–H groups in total. The number of likely N-dealkylation sites (N-methyl/N-ethyl adjacent to an activating group) is 1. The van der Waals surface area contributed by atoms with E-state index in [9.17, 15) is 4.79 Å². The Labute approximate surface area is 99.8 Å². The molecule has 0 aromatic heterocycles. The van der Waals surface area contributed by atoms with Crippen molar-refractivity contribution >= 4 is 29.9 Å². The van der Waals surface area contributed by atoms with Crippen molar-refractivity contribution in [1.29, 1.82) is 5.41 Å². The molecule has 0 bridgehead atoms. The van der Waals surface area contributed by atoms with Crippen LogP contribution in [0.15, 0.2) is 24.3 Å². The summed E-state index contributed by atoms with van der Waals surface area (Å²) >= 11 is 0. The molecule has 0 unspecified atom stereocenters. The maximum absolute atomic E-state index is 10.5. The van der Waals surface area contributed by atoms with Gasteiger partial charge in [-0.3, -0.25) is 10.2 Å². The SMILES string of the molecule is CN(CC(=O)O)c1ccccc1C(=N)N.Cl. The first kappa shape index (κ1) is 14.2. The highest BCUT2D eigenvalue weighted by Crippen LogP contribution is 2.17. The van der Waals surface area contributed by atoms with Gasteiger partial charge in [0.1, 0.15) is 12.4 Å². The zero-order valence-corrected chi connectivity index (χ0v) is 9.62. The van der Waals surface area contributed by atoms with E-state index in [1.807, 2.05) is 0 Å². The number of benzene rings is 1. The number of halogens is 1. The molecule has 5 nitrogen and oxygen atoms in total. The second-order valence-electron chi connectivity index (χ2n) is 3.18. The van der Waals surface area contributed by atoms with Crippen LogP contribution in [0.1, 0.15) is 5.56 Å². The summed E-state index contributed by atoms with van der Waals surface area (Å²) in [5.41, 5.74) is 6.58. The fourth-order valence-electron chi connectivity index (χ4n) is 1.32. The summed E-state index contributed by atoms with van der Waals surface area (Å²) in [5, 5.41) is 16.0. The van der Waals surface area contributed by atoms with Crippen LogP contribution in [0, 0.1) is 5.41 Å². The quantitative estimate of drug-likeness (QED) is 0.542. The second kappa shape index (κ2) is 5.97. The molecule has 6 heteroatoms. The molecule has 0 fully saturated rings. The van der Waals surface area contributed by atoms with E-state index >= 15 is 0 Å². The third-order valence-corrected chi connectivity index (χ3v) is 1.98. The van der Waals surface area contributed by atoms with E-state index in [0.29, 0.717) is 11.3 Å². The number of nitrogens with one attached hydrogen (secondary N) is 1. The predicted octanol–water partition coefficient (Wildman–Crippen LogP) is 0.913. The normalized spacial score (nSPS) is 9.06. The highest BCUT2D eigenvalue weighted by Gasteiger charge is 2.10. The van der Waals surface area contributed by atoms with Crippen LogP contribution < -0.4 is 10.6 Å². The van der Waals surface area contributed by atoms with Gasteiger partial charge in [0, 0.05) is 18.3 Å². The number of nitrogens with zero attached hydrogens (tertiary/aromatic N) is 1. The molecule has 0 aliphatic carbocycles. The Bertz CT molecular complexity index is 395. The summed E-state index contributed by atoms with van der Waals surface area (Å²) in [4.78, 5) is 12.1. The molecule has 0 radical (unpaired) electrons. The Kier molecular flexibility index (Phi) is 5.32. The molecule has 0 heterocycles. The van der Waals surface area contributed by atoms with Crippen LogP contribution in [0.2, 0.25) is 0 Å². The van der Waals surface area contributed by atoms with Gasteiger partial charge in [-0.2, -0.15) is 0 Å². The van der Waals surface area contributed by atoms with Gasteiger partial charge in [0.2, 0.25) is 0 Å². The zero-order valence-electron chi connectivity index (χ0n) is 8.80. The lowest BCUT2D eigenvalue weighted by Gasteiger charge is -2.19. The molecule has 0 spiro atoms. The fraction of sp³-hybridized carbons (Fsp3) is 0.200. The second-order valence-corrected chi connectivity index (χ2v) is 3.18. The van der Waals surface area contributed by atoms with E-state index in [0.717, 1.165) is 0 Å². The van der Waals surface area contributed by atoms with Crippen LogP contribution in [-0.4, -0.2) is 30.5 Å². The number of rotatable bonds is 4. The van der Waals surface area contributed by atoms with Crippen molar-refractivity contribution in [2.75, 3.05) is 18.5 Å². The number of nitrogens with two attached hydrogens (primary N) is 1. The van der Waals surface area contributed by atoms with Crippen LogP contribution in [0.25, 0.3) is 0 Å². The summed E-state index contributed by atoms with van der Waals surface area (Å²) < 4.78 is 0. The smallest absolute Gasteiger partial charge is 0.323 e. The number of hydrogen-bond acceptors (Lipinski definition) is 3.